The van der Waals surface area contributed by atoms with E-state index < -0.39 is 10.1 Å². The first-order chi connectivity index (χ1) is 10.1. The minimum Gasteiger partial charge on any atom is -0.235 e. The van der Waals surface area contributed by atoms with Crippen molar-refractivity contribution in [2.24, 2.45) is 0 Å². The molecular formula is C16H34O4S. The standard InChI is InChI=1S/C16H34O4S/c1-2-3-4-5-6-7-8-9-10-11-12-13-14-15-16-21(18,19)20-17/h17H,2-16H2,1H3. The topological polar surface area (TPSA) is 63.6 Å². The minimum atomic E-state index is -3.68. The van der Waals surface area contributed by atoms with Crippen molar-refractivity contribution in [3.05, 3.63) is 0 Å². The molecule has 1 N–H and O–H groups in total. The molecule has 0 unspecified atom stereocenters. The van der Waals surface area contributed by atoms with E-state index in [4.69, 9.17) is 5.26 Å². The fourth-order valence-electron chi connectivity index (χ4n) is 2.51. The van der Waals surface area contributed by atoms with Crippen LogP contribution < -0.4 is 0 Å². The molecule has 0 fully saturated rings. The molecule has 0 bridgehead atoms. The Morgan fingerprint density at radius 2 is 1.00 bits per heavy atom. The Morgan fingerprint density at radius 3 is 1.33 bits per heavy atom. The van der Waals surface area contributed by atoms with Crippen molar-refractivity contribution in [2.45, 2.75) is 96.8 Å². The van der Waals surface area contributed by atoms with Gasteiger partial charge in [-0.1, -0.05) is 90.4 Å². The summed E-state index contributed by atoms with van der Waals surface area (Å²) in [5.74, 6) is -0.0818. The molecule has 0 amide bonds. The molecule has 0 aliphatic carbocycles. The van der Waals surface area contributed by atoms with Crippen LogP contribution in [0.25, 0.3) is 0 Å². The molecule has 0 aromatic carbocycles. The zero-order valence-corrected chi connectivity index (χ0v) is 14.5. The van der Waals surface area contributed by atoms with Crippen LogP contribution in [-0.2, 0) is 14.5 Å². The number of hydrogen-bond donors (Lipinski definition) is 1. The normalized spacial score (nSPS) is 11.9. The largest absolute Gasteiger partial charge is 0.293 e. The Labute approximate surface area is 131 Å². The van der Waals surface area contributed by atoms with Crippen LogP contribution >= 0.6 is 0 Å². The highest BCUT2D eigenvalue weighted by atomic mass is 32.2. The molecule has 0 saturated heterocycles. The molecule has 0 aliphatic rings. The summed E-state index contributed by atoms with van der Waals surface area (Å²) in [6.45, 7) is 2.25. The Hall–Kier alpha value is -0.130. The Balaban J connectivity index is 3.09. The van der Waals surface area contributed by atoms with Gasteiger partial charge in [0.1, 0.15) is 0 Å². The second-order valence-electron chi connectivity index (χ2n) is 5.93. The van der Waals surface area contributed by atoms with Gasteiger partial charge in [0.25, 0.3) is 10.1 Å². The average Bonchev–Trinajstić information content (AvgIpc) is 2.47. The number of hydrogen-bond acceptors (Lipinski definition) is 4. The van der Waals surface area contributed by atoms with Gasteiger partial charge < -0.3 is 0 Å². The minimum absolute atomic E-state index is 0.0818. The van der Waals surface area contributed by atoms with Crippen LogP contribution in [0.2, 0.25) is 0 Å². The highest BCUT2D eigenvalue weighted by molar-refractivity contribution is 7.86. The van der Waals surface area contributed by atoms with Crippen molar-refractivity contribution in [3.63, 3.8) is 0 Å². The average molecular weight is 323 g/mol. The highest BCUT2D eigenvalue weighted by Gasteiger charge is 2.08. The van der Waals surface area contributed by atoms with E-state index in [2.05, 4.69) is 11.3 Å². The zero-order chi connectivity index (χ0) is 15.8. The van der Waals surface area contributed by atoms with E-state index in [0.717, 1.165) is 12.8 Å². The lowest BCUT2D eigenvalue weighted by Gasteiger charge is -2.03. The highest BCUT2D eigenvalue weighted by Crippen LogP contribution is 2.13. The molecule has 0 saturated carbocycles. The number of unbranched alkanes of at least 4 members (excludes halogenated alkanes) is 13. The third-order valence-electron chi connectivity index (χ3n) is 3.86. The summed E-state index contributed by atoms with van der Waals surface area (Å²) < 4.78 is 25.1. The van der Waals surface area contributed by atoms with Crippen LogP contribution in [0, 0.1) is 0 Å². The maximum Gasteiger partial charge on any atom is 0.293 e. The van der Waals surface area contributed by atoms with E-state index in [9.17, 15) is 8.42 Å². The Kier molecular flexibility index (Phi) is 14.7. The third kappa shape index (κ3) is 16.1. The molecule has 0 aromatic rings. The second-order valence-corrected chi connectivity index (χ2v) is 7.61. The van der Waals surface area contributed by atoms with Crippen molar-refractivity contribution in [1.82, 2.24) is 0 Å². The fourth-order valence-corrected chi connectivity index (χ4v) is 3.14. The zero-order valence-electron chi connectivity index (χ0n) is 13.7. The summed E-state index contributed by atoms with van der Waals surface area (Å²) in [6, 6.07) is 0. The van der Waals surface area contributed by atoms with Crippen LogP contribution in [-0.4, -0.2) is 19.4 Å². The summed E-state index contributed by atoms with van der Waals surface area (Å²) in [5, 5.41) is 8.11. The van der Waals surface area contributed by atoms with Crippen molar-refractivity contribution in [1.29, 1.82) is 0 Å². The smallest absolute Gasteiger partial charge is 0.235 e. The van der Waals surface area contributed by atoms with Gasteiger partial charge in [0, 0.05) is 0 Å². The van der Waals surface area contributed by atoms with Gasteiger partial charge in [-0.25, -0.2) is 5.26 Å². The van der Waals surface area contributed by atoms with E-state index in [0.29, 0.717) is 6.42 Å². The van der Waals surface area contributed by atoms with Gasteiger partial charge in [-0.15, -0.1) is 4.33 Å². The van der Waals surface area contributed by atoms with Crippen molar-refractivity contribution in [3.8, 4) is 0 Å². The Morgan fingerprint density at radius 1 is 0.667 bits per heavy atom. The van der Waals surface area contributed by atoms with Gasteiger partial charge in [0.05, 0.1) is 5.75 Å². The molecule has 0 rings (SSSR count). The lowest BCUT2D eigenvalue weighted by Crippen LogP contribution is -2.07. The number of rotatable bonds is 16. The molecule has 5 heteroatoms. The summed E-state index contributed by atoms with van der Waals surface area (Å²) in [6.07, 6.45) is 17.2. The van der Waals surface area contributed by atoms with E-state index in [1.165, 1.54) is 70.6 Å². The van der Waals surface area contributed by atoms with Gasteiger partial charge in [-0.05, 0) is 6.42 Å². The SMILES string of the molecule is CCCCCCCCCCCCCCCCS(=O)(=O)OO. The second kappa shape index (κ2) is 14.8. The van der Waals surface area contributed by atoms with Crippen molar-refractivity contribution in [2.75, 3.05) is 5.75 Å². The summed E-state index contributed by atoms with van der Waals surface area (Å²) in [5.41, 5.74) is 0. The first kappa shape index (κ1) is 20.9. The van der Waals surface area contributed by atoms with Crippen LogP contribution in [0.3, 0.4) is 0 Å². The predicted molar refractivity (Wildman–Crippen MR) is 87.8 cm³/mol. The predicted octanol–water partition coefficient (Wildman–Crippen LogP) is 5.29. The third-order valence-corrected chi connectivity index (χ3v) is 4.88. The van der Waals surface area contributed by atoms with Crippen molar-refractivity contribution < 1.29 is 18.0 Å². The first-order valence-corrected chi connectivity index (χ1v) is 10.3. The maximum atomic E-state index is 10.8. The molecule has 21 heavy (non-hydrogen) atoms. The van der Waals surface area contributed by atoms with Gasteiger partial charge in [0.2, 0.25) is 0 Å². The van der Waals surface area contributed by atoms with Crippen LogP contribution in [0.5, 0.6) is 0 Å². The van der Waals surface area contributed by atoms with Gasteiger partial charge in [-0.3, -0.25) is 0 Å². The summed E-state index contributed by atoms with van der Waals surface area (Å²) in [4.78, 5) is 0. The lowest BCUT2D eigenvalue weighted by molar-refractivity contribution is -0.130. The van der Waals surface area contributed by atoms with Crippen LogP contribution in [0.1, 0.15) is 96.8 Å². The molecule has 128 valence electrons. The molecule has 0 spiro atoms. The Bertz CT molecular complexity index is 301. The molecule has 4 nitrogen and oxygen atoms in total. The molecule has 0 atom stereocenters. The monoisotopic (exact) mass is 322 g/mol. The molecule has 0 radical (unpaired) electrons. The molecule has 0 heterocycles. The quantitative estimate of drug-likeness (QED) is 0.238. The molecular weight excluding hydrogens is 288 g/mol. The van der Waals surface area contributed by atoms with Crippen LogP contribution in [0.15, 0.2) is 0 Å². The summed E-state index contributed by atoms with van der Waals surface area (Å²) in [7, 11) is -3.68. The molecule has 0 aliphatic heterocycles. The summed E-state index contributed by atoms with van der Waals surface area (Å²) >= 11 is 0. The maximum absolute atomic E-state index is 10.8. The van der Waals surface area contributed by atoms with E-state index >= 15 is 0 Å². The fraction of sp³-hybridized carbons (Fsp3) is 1.00. The van der Waals surface area contributed by atoms with Crippen LogP contribution in [0.4, 0.5) is 0 Å². The van der Waals surface area contributed by atoms with Gasteiger partial charge in [-0.2, -0.15) is 8.42 Å². The lowest BCUT2D eigenvalue weighted by atomic mass is 10.0. The van der Waals surface area contributed by atoms with E-state index in [1.807, 2.05) is 0 Å². The van der Waals surface area contributed by atoms with Crippen molar-refractivity contribution >= 4 is 10.1 Å². The van der Waals surface area contributed by atoms with E-state index in [-0.39, 0.29) is 5.75 Å². The molecule has 0 aromatic heterocycles. The van der Waals surface area contributed by atoms with E-state index in [1.54, 1.807) is 0 Å². The van der Waals surface area contributed by atoms with Gasteiger partial charge in [0.15, 0.2) is 0 Å². The van der Waals surface area contributed by atoms with Gasteiger partial charge >= 0.3 is 0 Å². The first-order valence-electron chi connectivity index (χ1n) is 8.68.